The summed E-state index contributed by atoms with van der Waals surface area (Å²) in [5, 5.41) is 4.05. The van der Waals surface area contributed by atoms with E-state index in [9.17, 15) is 0 Å². The van der Waals surface area contributed by atoms with Crippen LogP contribution in [0.5, 0.6) is 5.75 Å². The van der Waals surface area contributed by atoms with Crippen LogP contribution in [0.3, 0.4) is 0 Å². The van der Waals surface area contributed by atoms with Crippen LogP contribution in [0.2, 0.25) is 0 Å². The monoisotopic (exact) mass is 570 g/mol. The first-order chi connectivity index (χ1) is 21.7. The second-order valence-electron chi connectivity index (χ2n) is 11.4. The molecule has 0 saturated heterocycles. The van der Waals surface area contributed by atoms with Gasteiger partial charge >= 0.3 is 0 Å². The number of methoxy groups -OCH3 is 1. The maximum absolute atomic E-state index is 5.50. The molecule has 0 bridgehead atoms. The molecule has 3 nitrogen and oxygen atoms in total. The van der Waals surface area contributed by atoms with E-state index >= 15 is 0 Å². The minimum absolute atomic E-state index is 0.664. The highest BCUT2D eigenvalue weighted by Crippen LogP contribution is 2.48. The maximum Gasteiger partial charge on any atom is 0.134 e. The molecule has 1 N–H and O–H groups in total. The number of nitrogens with one attached hydrogen (secondary N) is 1. The second kappa shape index (κ2) is 12.1. The first-order valence-electron chi connectivity index (χ1n) is 15.2. The lowest BCUT2D eigenvalue weighted by Gasteiger charge is -2.39. The van der Waals surface area contributed by atoms with Gasteiger partial charge in [0.05, 0.1) is 7.11 Å². The Morgan fingerprint density at radius 3 is 2.48 bits per heavy atom. The molecule has 1 unspecified atom stereocenters. The number of hydrogen-bond donors (Lipinski definition) is 1. The molecule has 1 aromatic heterocycles. The summed E-state index contributed by atoms with van der Waals surface area (Å²) in [6.07, 6.45) is 12.4. The highest BCUT2D eigenvalue weighted by atomic mass is 16.5. The minimum atomic E-state index is -0.664. The van der Waals surface area contributed by atoms with Crippen LogP contribution in [0.4, 0.5) is 5.82 Å². The number of aromatic nitrogens is 1. The van der Waals surface area contributed by atoms with E-state index in [2.05, 4.69) is 127 Å². The fourth-order valence-corrected chi connectivity index (χ4v) is 6.32. The van der Waals surface area contributed by atoms with E-state index in [-0.39, 0.29) is 0 Å². The number of allylic oxidation sites excluding steroid dienone is 5. The van der Waals surface area contributed by atoms with Gasteiger partial charge in [-0.05, 0) is 83.9 Å². The fourth-order valence-electron chi connectivity index (χ4n) is 6.32. The van der Waals surface area contributed by atoms with E-state index in [0.29, 0.717) is 0 Å². The molecule has 44 heavy (non-hydrogen) atoms. The van der Waals surface area contributed by atoms with Gasteiger partial charge in [0.1, 0.15) is 17.1 Å². The Hall–Kier alpha value is -5.33. The Bertz CT molecular complexity index is 1810. The predicted molar refractivity (Wildman–Crippen MR) is 179 cm³/mol. The summed E-state index contributed by atoms with van der Waals surface area (Å²) in [6.45, 7) is 0. The number of hydrogen-bond acceptors (Lipinski definition) is 3. The molecular weight excluding hydrogens is 536 g/mol. The summed E-state index contributed by atoms with van der Waals surface area (Å²) in [4.78, 5) is 5.18. The van der Waals surface area contributed by atoms with Crippen molar-refractivity contribution in [3.63, 3.8) is 0 Å². The number of anilines is 1. The van der Waals surface area contributed by atoms with Crippen LogP contribution in [0.15, 0.2) is 145 Å². The van der Waals surface area contributed by atoms with Crippen LogP contribution >= 0.6 is 0 Å². The molecule has 0 fully saturated rings. The van der Waals surface area contributed by atoms with Crippen LogP contribution < -0.4 is 10.1 Å². The Balaban J connectivity index is 1.39. The lowest BCUT2D eigenvalue weighted by atomic mass is 9.74. The van der Waals surface area contributed by atoms with E-state index in [0.717, 1.165) is 65.1 Å². The molecule has 5 aromatic rings. The molecule has 0 spiro atoms. The van der Waals surface area contributed by atoms with Crippen molar-refractivity contribution in [2.24, 2.45) is 0 Å². The molecule has 3 heteroatoms. The van der Waals surface area contributed by atoms with Crippen LogP contribution in [-0.4, -0.2) is 12.1 Å². The number of benzene rings is 3. The predicted octanol–water partition coefficient (Wildman–Crippen LogP) is 9.39. The third kappa shape index (κ3) is 5.43. The fraction of sp³-hybridized carbons (Fsp3) is 0.146. The van der Waals surface area contributed by atoms with Crippen LogP contribution in [0.25, 0.3) is 16.7 Å². The van der Waals surface area contributed by atoms with Gasteiger partial charge in [0.25, 0.3) is 0 Å². The van der Waals surface area contributed by atoms with Gasteiger partial charge in [-0.1, -0.05) is 115 Å². The first-order valence-corrected chi connectivity index (χ1v) is 15.2. The van der Waals surface area contributed by atoms with E-state index < -0.39 is 5.54 Å². The first kappa shape index (κ1) is 27.5. The molecule has 0 radical (unpaired) electrons. The zero-order valence-electron chi connectivity index (χ0n) is 24.9. The van der Waals surface area contributed by atoms with Gasteiger partial charge in [0.15, 0.2) is 0 Å². The summed E-state index contributed by atoms with van der Waals surface area (Å²) >= 11 is 0. The maximum atomic E-state index is 5.50. The minimum Gasteiger partial charge on any atom is -0.497 e. The van der Waals surface area contributed by atoms with Gasteiger partial charge < -0.3 is 10.1 Å². The normalized spacial score (nSPS) is 14.1. The Labute approximate surface area is 260 Å². The van der Waals surface area contributed by atoms with Crippen molar-refractivity contribution in [2.45, 2.75) is 31.2 Å². The van der Waals surface area contributed by atoms with Gasteiger partial charge in [0, 0.05) is 22.9 Å². The van der Waals surface area contributed by atoms with Gasteiger partial charge in [0.2, 0.25) is 0 Å². The van der Waals surface area contributed by atoms with Crippen molar-refractivity contribution >= 4 is 11.4 Å². The highest BCUT2D eigenvalue weighted by molar-refractivity contribution is 5.90. The van der Waals surface area contributed by atoms with E-state index in [1.807, 2.05) is 24.4 Å². The Morgan fingerprint density at radius 2 is 1.73 bits per heavy atom. The Morgan fingerprint density at radius 1 is 0.886 bits per heavy atom. The summed E-state index contributed by atoms with van der Waals surface area (Å²) in [5.41, 5.74) is 10.2. The average Bonchev–Trinajstić information content (AvgIpc) is 3.87. The molecule has 4 aromatic carbocycles. The molecule has 0 aliphatic heterocycles. The van der Waals surface area contributed by atoms with Gasteiger partial charge in [-0.2, -0.15) is 0 Å². The van der Waals surface area contributed by atoms with E-state index in [1.54, 1.807) is 7.11 Å². The molecule has 1 heterocycles. The lowest BCUT2D eigenvalue weighted by Crippen LogP contribution is -2.39. The van der Waals surface area contributed by atoms with E-state index in [4.69, 9.17) is 9.72 Å². The lowest BCUT2D eigenvalue weighted by molar-refractivity contribution is 0.414. The van der Waals surface area contributed by atoms with Crippen molar-refractivity contribution in [3.05, 3.63) is 179 Å². The van der Waals surface area contributed by atoms with Gasteiger partial charge in [-0.25, -0.2) is 4.98 Å². The topological polar surface area (TPSA) is 34.1 Å². The summed E-state index contributed by atoms with van der Waals surface area (Å²) in [6, 6.07) is 44.7. The molecule has 214 valence electrons. The van der Waals surface area contributed by atoms with Gasteiger partial charge in [-0.15, -0.1) is 0 Å². The molecule has 0 amide bonds. The van der Waals surface area contributed by atoms with Crippen LogP contribution in [0.1, 0.15) is 41.5 Å². The average molecular weight is 571 g/mol. The van der Waals surface area contributed by atoms with Crippen molar-refractivity contribution in [2.75, 3.05) is 12.4 Å². The number of pyridine rings is 1. The van der Waals surface area contributed by atoms with Crippen LogP contribution in [0, 0.1) is 12.1 Å². The molecule has 2 aliphatic rings. The molecular formula is C41H34N2O. The molecule has 7 rings (SSSR count). The van der Waals surface area contributed by atoms with Crippen molar-refractivity contribution in [3.8, 4) is 16.9 Å². The summed E-state index contributed by atoms with van der Waals surface area (Å²) < 4.78 is 5.50. The quantitative estimate of drug-likeness (QED) is 0.182. The summed E-state index contributed by atoms with van der Waals surface area (Å²) in [7, 11) is 1.72. The summed E-state index contributed by atoms with van der Waals surface area (Å²) in [5.74, 6) is 1.76. The largest absolute Gasteiger partial charge is 0.497 e. The zero-order valence-corrected chi connectivity index (χ0v) is 24.9. The molecule has 1 atom stereocenters. The number of rotatable bonds is 10. The zero-order chi connectivity index (χ0) is 29.8. The van der Waals surface area contributed by atoms with Crippen LogP contribution in [-0.2, 0) is 12.0 Å². The second-order valence-corrected chi connectivity index (χ2v) is 11.4. The van der Waals surface area contributed by atoms with E-state index in [1.165, 1.54) is 22.3 Å². The van der Waals surface area contributed by atoms with Crippen molar-refractivity contribution < 1.29 is 4.74 Å². The Kier molecular flexibility index (Phi) is 7.57. The van der Waals surface area contributed by atoms with Crippen molar-refractivity contribution in [1.82, 2.24) is 4.98 Å². The smallest absolute Gasteiger partial charge is 0.134 e. The number of ether oxygens (including phenoxy) is 1. The number of nitrogens with zero attached hydrogens (tertiary/aromatic N) is 1. The molecule has 0 saturated carbocycles. The SMILES string of the molecule is COc1cccc(CC2=C(c3cc(-c4ccccc4)cnc3NC(C3=CC=CCC3)(c3c#cccc3)c3ccccc3)C2)c1. The van der Waals surface area contributed by atoms with Crippen molar-refractivity contribution in [1.29, 1.82) is 0 Å². The standard InChI is InChI=1S/C41H34N2O/c1-44-37-24-14-15-30(26-37)25-32-27-38(32)39-28-33(31-16-6-2-7-17-31)29-42-40(39)43-41(34-18-8-3-9-19-34,35-20-10-4-11-21-35)36-22-12-5-13-23-36/h2-10,12,14-20,22,24,26,28-29H,11,21,25,27H2,1H3,(H,42,43). The van der Waals surface area contributed by atoms with Gasteiger partial charge in [-0.3, -0.25) is 0 Å². The third-order valence-corrected chi connectivity index (χ3v) is 8.63. The molecule has 2 aliphatic carbocycles. The third-order valence-electron chi connectivity index (χ3n) is 8.63. The highest BCUT2D eigenvalue weighted by Gasteiger charge is 2.40.